The topological polar surface area (TPSA) is 37.3 Å². The molecule has 1 aliphatic carbocycles. The molecule has 0 bridgehead atoms. The highest BCUT2D eigenvalue weighted by atomic mass is 80.0. The van der Waals surface area contributed by atoms with E-state index in [1.165, 1.54) is 0 Å². The molecule has 1 aliphatic rings. The monoisotopic (exact) mass is 454 g/mol. The summed E-state index contributed by atoms with van der Waals surface area (Å²) in [6.07, 6.45) is 0. The average Bonchev–Trinajstić information content (AvgIpc) is 2.49. The molecule has 0 aromatic carbocycles. The van der Waals surface area contributed by atoms with Gasteiger partial charge in [-0.05, 0) is 11.3 Å². The lowest BCUT2D eigenvalue weighted by Crippen LogP contribution is -2.22. The molecule has 0 heterocycles. The van der Waals surface area contributed by atoms with Crippen LogP contribution in [0.4, 0.5) is 0 Å². The molecule has 0 aliphatic heterocycles. The summed E-state index contributed by atoms with van der Waals surface area (Å²) in [4.78, 5) is 11.0. The van der Waals surface area contributed by atoms with Crippen LogP contribution in [0.5, 0.6) is 0 Å². The van der Waals surface area contributed by atoms with E-state index in [9.17, 15) is 4.79 Å². The number of aliphatic carboxylic acids is 1. The van der Waals surface area contributed by atoms with Gasteiger partial charge in [0.2, 0.25) is 0 Å². The molecule has 1 N–H and O–H groups in total. The van der Waals surface area contributed by atoms with Gasteiger partial charge < -0.3 is 5.11 Å². The van der Waals surface area contributed by atoms with Gasteiger partial charge in [-0.1, -0.05) is 77.6 Å². The molecular weight excluding hydrogens is 448 g/mol. The van der Waals surface area contributed by atoms with E-state index in [2.05, 4.69) is 63.7 Å². The standard InChI is InChI=1S/C8H10Br4O2/c1-7(2)3(4(7)6(13)14)5(9)8(10,11)12/h3-5H,1-2H3,(H,13,14)/t3-,4-,5?/m0/s1. The van der Waals surface area contributed by atoms with Gasteiger partial charge in [-0.2, -0.15) is 0 Å². The Labute approximate surface area is 117 Å². The summed E-state index contributed by atoms with van der Waals surface area (Å²) >= 11 is 13.7. The van der Waals surface area contributed by atoms with Crippen molar-refractivity contribution in [3.05, 3.63) is 0 Å². The van der Waals surface area contributed by atoms with Crippen molar-refractivity contribution in [2.45, 2.75) is 20.8 Å². The first-order valence-electron chi connectivity index (χ1n) is 4.03. The molecule has 1 unspecified atom stereocenters. The molecule has 0 spiro atoms. The van der Waals surface area contributed by atoms with Crippen LogP contribution in [0.25, 0.3) is 0 Å². The van der Waals surface area contributed by atoms with Crippen LogP contribution in [-0.2, 0) is 4.79 Å². The van der Waals surface area contributed by atoms with Crippen LogP contribution in [0.15, 0.2) is 0 Å². The first-order chi connectivity index (χ1) is 6.10. The molecule has 6 heteroatoms. The molecule has 1 fully saturated rings. The summed E-state index contributed by atoms with van der Waals surface area (Å²) in [5, 5.41) is 9.01. The summed E-state index contributed by atoms with van der Waals surface area (Å²) in [7, 11) is 0. The molecule has 2 nitrogen and oxygen atoms in total. The van der Waals surface area contributed by atoms with Crippen molar-refractivity contribution in [3.8, 4) is 0 Å². The Hall–Kier alpha value is 1.39. The van der Waals surface area contributed by atoms with Crippen molar-refractivity contribution >= 4 is 69.7 Å². The zero-order chi connectivity index (χ0) is 11.3. The van der Waals surface area contributed by atoms with Crippen LogP contribution in [0.3, 0.4) is 0 Å². The minimum absolute atomic E-state index is 0.0195. The van der Waals surface area contributed by atoms with Gasteiger partial charge in [-0.25, -0.2) is 0 Å². The Morgan fingerprint density at radius 1 is 1.43 bits per heavy atom. The molecule has 0 aromatic rings. The van der Waals surface area contributed by atoms with Crippen molar-refractivity contribution < 1.29 is 9.90 Å². The zero-order valence-corrected chi connectivity index (χ0v) is 13.9. The van der Waals surface area contributed by atoms with Crippen molar-refractivity contribution in [2.75, 3.05) is 0 Å². The largest absolute Gasteiger partial charge is 0.481 e. The highest BCUT2D eigenvalue weighted by Gasteiger charge is 2.66. The normalized spacial score (nSPS) is 32.4. The minimum atomic E-state index is -0.721. The lowest BCUT2D eigenvalue weighted by Gasteiger charge is -2.20. The highest BCUT2D eigenvalue weighted by Crippen LogP contribution is 2.65. The predicted molar refractivity (Wildman–Crippen MR) is 70.6 cm³/mol. The number of halogens is 4. The fourth-order valence-electron chi connectivity index (χ4n) is 1.90. The average molecular weight is 458 g/mol. The smallest absolute Gasteiger partial charge is 0.307 e. The van der Waals surface area contributed by atoms with Gasteiger partial charge in [0.25, 0.3) is 0 Å². The number of carboxylic acid groups (broad SMARTS) is 1. The Morgan fingerprint density at radius 2 is 1.86 bits per heavy atom. The van der Waals surface area contributed by atoms with E-state index in [1.54, 1.807) is 0 Å². The molecule has 82 valence electrons. The number of carbonyl (C=O) groups is 1. The van der Waals surface area contributed by atoms with Crippen molar-refractivity contribution in [3.63, 3.8) is 0 Å². The maximum absolute atomic E-state index is 11.0. The van der Waals surface area contributed by atoms with Gasteiger partial charge in [0, 0.05) is 0 Å². The number of rotatable bonds is 2. The molecule has 0 radical (unpaired) electrons. The number of alkyl halides is 4. The summed E-state index contributed by atoms with van der Waals surface area (Å²) < 4.78 is -0.445. The van der Waals surface area contributed by atoms with Gasteiger partial charge in [0.05, 0.1) is 10.7 Å². The maximum atomic E-state index is 11.0. The fraction of sp³-hybridized carbons (Fsp3) is 0.875. The molecule has 0 amide bonds. The zero-order valence-electron chi connectivity index (χ0n) is 7.60. The lowest BCUT2D eigenvalue weighted by atomic mass is 10.1. The Kier molecular flexibility index (Phi) is 3.85. The van der Waals surface area contributed by atoms with Crippen LogP contribution in [0.2, 0.25) is 0 Å². The van der Waals surface area contributed by atoms with Gasteiger partial charge in [-0.15, -0.1) is 0 Å². The molecular formula is C8H10Br4O2. The van der Waals surface area contributed by atoms with Crippen LogP contribution in [0, 0.1) is 17.3 Å². The molecule has 1 saturated carbocycles. The lowest BCUT2D eigenvalue weighted by molar-refractivity contribution is -0.139. The molecule has 14 heavy (non-hydrogen) atoms. The van der Waals surface area contributed by atoms with E-state index in [1.807, 2.05) is 13.8 Å². The second-order valence-corrected chi connectivity index (χ2v) is 12.0. The minimum Gasteiger partial charge on any atom is -0.481 e. The van der Waals surface area contributed by atoms with Crippen molar-refractivity contribution in [1.82, 2.24) is 0 Å². The predicted octanol–water partition coefficient (Wildman–Crippen LogP) is 3.95. The first-order valence-corrected chi connectivity index (χ1v) is 7.33. The van der Waals surface area contributed by atoms with E-state index < -0.39 is 8.11 Å². The number of carboxylic acids is 1. The summed E-state index contributed by atoms with van der Waals surface area (Å²) in [6, 6.07) is 0. The van der Waals surface area contributed by atoms with Crippen LogP contribution in [0.1, 0.15) is 13.8 Å². The van der Waals surface area contributed by atoms with Gasteiger partial charge in [-0.3, -0.25) is 4.79 Å². The second-order valence-electron chi connectivity index (χ2n) is 4.11. The van der Waals surface area contributed by atoms with Gasteiger partial charge in [0.15, 0.2) is 0 Å². The van der Waals surface area contributed by atoms with E-state index in [4.69, 9.17) is 5.11 Å². The third kappa shape index (κ3) is 2.38. The van der Waals surface area contributed by atoms with E-state index in [-0.39, 0.29) is 22.1 Å². The third-order valence-corrected chi connectivity index (χ3v) is 7.38. The third-order valence-electron chi connectivity index (χ3n) is 2.80. The molecule has 0 saturated heterocycles. The van der Waals surface area contributed by atoms with Crippen LogP contribution < -0.4 is 0 Å². The SMILES string of the molecule is CC1(C)[C@H](C(=O)O)[C@H]1C(Br)C(Br)(Br)Br. The van der Waals surface area contributed by atoms with Crippen LogP contribution in [-0.4, -0.2) is 18.0 Å². The van der Waals surface area contributed by atoms with E-state index in [0.717, 1.165) is 0 Å². The van der Waals surface area contributed by atoms with Crippen molar-refractivity contribution in [2.24, 2.45) is 17.3 Å². The van der Waals surface area contributed by atoms with Crippen LogP contribution >= 0.6 is 63.7 Å². The second kappa shape index (κ2) is 4.00. The fourth-order valence-corrected chi connectivity index (χ4v) is 3.74. The Balaban J connectivity index is 2.79. The van der Waals surface area contributed by atoms with E-state index in [0.29, 0.717) is 0 Å². The molecule has 3 atom stereocenters. The maximum Gasteiger partial charge on any atom is 0.307 e. The molecule has 0 aromatic heterocycles. The van der Waals surface area contributed by atoms with Crippen molar-refractivity contribution in [1.29, 1.82) is 0 Å². The summed E-state index contributed by atoms with van der Waals surface area (Å²) in [5.41, 5.74) is -0.152. The molecule has 1 rings (SSSR count). The van der Waals surface area contributed by atoms with Gasteiger partial charge in [0.1, 0.15) is 2.14 Å². The Morgan fingerprint density at radius 3 is 2.07 bits per heavy atom. The van der Waals surface area contributed by atoms with Gasteiger partial charge >= 0.3 is 5.97 Å². The quantitative estimate of drug-likeness (QED) is 0.638. The number of hydrogen-bond donors (Lipinski definition) is 1. The summed E-state index contributed by atoms with van der Waals surface area (Å²) in [5.74, 6) is -0.891. The Bertz CT molecular complexity index is 259. The van der Waals surface area contributed by atoms with E-state index >= 15 is 0 Å². The highest BCUT2D eigenvalue weighted by molar-refractivity contribution is 9.40. The summed E-state index contributed by atoms with van der Waals surface area (Å²) in [6.45, 7) is 3.95. The number of hydrogen-bond acceptors (Lipinski definition) is 1. The first kappa shape index (κ1) is 13.5.